The van der Waals surface area contributed by atoms with Gasteiger partial charge in [0.1, 0.15) is 0 Å². The van der Waals surface area contributed by atoms with Crippen LogP contribution in [0.1, 0.15) is 26.7 Å². The van der Waals surface area contributed by atoms with E-state index in [1.54, 1.807) is 25.9 Å². The van der Waals surface area contributed by atoms with Crippen LogP contribution in [0.25, 0.3) is 0 Å². The topological polar surface area (TPSA) is 57.6 Å². The second-order valence-corrected chi connectivity index (χ2v) is 6.07. The highest BCUT2D eigenvalue weighted by atomic mass is 79.9. The van der Waals surface area contributed by atoms with Gasteiger partial charge in [-0.05, 0) is 19.8 Å². The molecule has 1 amide bonds. The van der Waals surface area contributed by atoms with E-state index in [9.17, 15) is 14.7 Å². The lowest BCUT2D eigenvalue weighted by atomic mass is 9.65. The van der Waals surface area contributed by atoms with Gasteiger partial charge in [-0.25, -0.2) is 0 Å². The molecule has 0 saturated heterocycles. The molecule has 1 saturated carbocycles. The summed E-state index contributed by atoms with van der Waals surface area (Å²) in [7, 11) is 3.43. The lowest BCUT2D eigenvalue weighted by Crippen LogP contribution is -2.48. The molecule has 0 heterocycles. The van der Waals surface area contributed by atoms with Crippen LogP contribution in [0.3, 0.4) is 0 Å². The third-order valence-electron chi connectivity index (χ3n) is 4.45. The normalized spacial score (nSPS) is 36.9. The van der Waals surface area contributed by atoms with Crippen LogP contribution in [-0.2, 0) is 9.59 Å². The van der Waals surface area contributed by atoms with Gasteiger partial charge in [0.25, 0.3) is 0 Å². The fourth-order valence-corrected chi connectivity index (χ4v) is 3.73. The average molecular weight is 306 g/mol. The third kappa shape index (κ3) is 1.98. The van der Waals surface area contributed by atoms with Gasteiger partial charge in [0.05, 0.1) is 5.41 Å². The van der Waals surface area contributed by atoms with Crippen LogP contribution >= 0.6 is 15.9 Å². The summed E-state index contributed by atoms with van der Waals surface area (Å²) in [4.78, 5) is 25.2. The summed E-state index contributed by atoms with van der Waals surface area (Å²) in [6.07, 6.45) is 1.19. The molecule has 17 heavy (non-hydrogen) atoms. The highest BCUT2D eigenvalue weighted by Crippen LogP contribution is 2.57. The number of aliphatic carboxylic acids is 1. The van der Waals surface area contributed by atoms with Gasteiger partial charge in [0.2, 0.25) is 5.91 Å². The van der Waals surface area contributed by atoms with Gasteiger partial charge in [-0.3, -0.25) is 9.59 Å². The molecule has 0 aromatic carbocycles. The van der Waals surface area contributed by atoms with Crippen LogP contribution in [-0.4, -0.2) is 41.3 Å². The number of carboxylic acids is 1. The van der Waals surface area contributed by atoms with E-state index in [-0.39, 0.29) is 11.8 Å². The Bertz CT molecular complexity index is 345. The second-order valence-electron chi connectivity index (χ2n) is 5.51. The lowest BCUT2D eigenvalue weighted by molar-refractivity contribution is -0.155. The Morgan fingerprint density at radius 3 is 2.29 bits per heavy atom. The molecule has 0 unspecified atom stereocenters. The van der Waals surface area contributed by atoms with E-state index < -0.39 is 16.8 Å². The Morgan fingerprint density at radius 2 is 1.94 bits per heavy atom. The first kappa shape index (κ1) is 14.5. The van der Waals surface area contributed by atoms with Gasteiger partial charge in [0.15, 0.2) is 0 Å². The highest BCUT2D eigenvalue weighted by Gasteiger charge is 2.60. The van der Waals surface area contributed by atoms with Crippen LogP contribution in [0.4, 0.5) is 0 Å². The maximum atomic E-state index is 12.1. The van der Waals surface area contributed by atoms with Crippen molar-refractivity contribution < 1.29 is 14.7 Å². The molecule has 5 heteroatoms. The van der Waals surface area contributed by atoms with Crippen LogP contribution in [0.2, 0.25) is 0 Å². The number of carbonyl (C=O) groups excluding carboxylic acids is 1. The highest BCUT2D eigenvalue weighted by molar-refractivity contribution is 9.09. The SMILES string of the molecule is CN(C)C(=O)[C@@H]1CC[C@](C)(C(=O)O)[C@@]1(C)CBr. The summed E-state index contributed by atoms with van der Waals surface area (Å²) >= 11 is 3.40. The van der Waals surface area contributed by atoms with E-state index in [1.165, 1.54) is 0 Å². The largest absolute Gasteiger partial charge is 0.481 e. The zero-order chi connectivity index (χ0) is 13.4. The summed E-state index contributed by atoms with van der Waals surface area (Å²) in [5, 5.41) is 9.95. The number of halogens is 1. The maximum absolute atomic E-state index is 12.1. The molecule has 1 aliphatic rings. The van der Waals surface area contributed by atoms with Gasteiger partial charge in [-0.15, -0.1) is 0 Å². The van der Waals surface area contributed by atoms with E-state index in [4.69, 9.17) is 0 Å². The molecule has 4 nitrogen and oxygen atoms in total. The minimum absolute atomic E-state index is 0.0249. The fraction of sp³-hybridized carbons (Fsp3) is 0.833. The van der Waals surface area contributed by atoms with Crippen molar-refractivity contribution in [3.8, 4) is 0 Å². The minimum Gasteiger partial charge on any atom is -0.481 e. The Kier molecular flexibility index (Phi) is 3.91. The van der Waals surface area contributed by atoms with Crippen molar-refractivity contribution in [3.63, 3.8) is 0 Å². The Hall–Kier alpha value is -0.580. The number of nitrogens with zero attached hydrogens (tertiary/aromatic N) is 1. The van der Waals surface area contributed by atoms with E-state index in [1.807, 2.05) is 6.92 Å². The van der Waals surface area contributed by atoms with Crippen molar-refractivity contribution in [1.82, 2.24) is 4.90 Å². The average Bonchev–Trinajstić information content (AvgIpc) is 2.53. The van der Waals surface area contributed by atoms with Crippen molar-refractivity contribution in [1.29, 1.82) is 0 Å². The molecule has 3 atom stereocenters. The van der Waals surface area contributed by atoms with Crippen LogP contribution < -0.4 is 0 Å². The van der Waals surface area contributed by atoms with Gasteiger partial charge >= 0.3 is 5.97 Å². The molecule has 0 aromatic heterocycles. The molecule has 0 aliphatic heterocycles. The molecule has 1 rings (SSSR count). The van der Waals surface area contributed by atoms with Gasteiger partial charge < -0.3 is 10.0 Å². The Labute approximate surface area is 110 Å². The third-order valence-corrected chi connectivity index (χ3v) is 5.62. The first-order valence-electron chi connectivity index (χ1n) is 5.71. The predicted octanol–water partition coefficient (Wildman–Crippen LogP) is 1.98. The zero-order valence-corrected chi connectivity index (χ0v) is 12.4. The van der Waals surface area contributed by atoms with Crippen LogP contribution in [0, 0.1) is 16.7 Å². The molecule has 98 valence electrons. The molecule has 0 spiro atoms. The van der Waals surface area contributed by atoms with Gasteiger partial charge in [-0.1, -0.05) is 22.9 Å². The van der Waals surface area contributed by atoms with Crippen molar-refractivity contribution in [2.75, 3.05) is 19.4 Å². The summed E-state index contributed by atoms with van der Waals surface area (Å²) in [5.41, 5.74) is -1.38. The number of amides is 1. The van der Waals surface area contributed by atoms with Crippen molar-refractivity contribution in [2.24, 2.45) is 16.7 Å². The maximum Gasteiger partial charge on any atom is 0.309 e. The molecular formula is C12H20BrNO3. The van der Waals surface area contributed by atoms with E-state index in [0.29, 0.717) is 18.2 Å². The first-order valence-corrected chi connectivity index (χ1v) is 6.83. The summed E-state index contributed by atoms with van der Waals surface area (Å²) in [6.45, 7) is 3.65. The van der Waals surface area contributed by atoms with Crippen molar-refractivity contribution in [3.05, 3.63) is 0 Å². The molecule has 0 bridgehead atoms. The standard InChI is InChI=1S/C12H20BrNO3/c1-11(10(16)17)6-5-8(9(15)14(3)4)12(11,2)7-13/h8H,5-7H2,1-4H3,(H,16,17)/t8-,11+,12-/m0/s1. The first-order chi connectivity index (χ1) is 7.70. The predicted molar refractivity (Wildman–Crippen MR) is 69.1 cm³/mol. The minimum atomic E-state index is -0.840. The number of carboxylic acid groups (broad SMARTS) is 1. The monoisotopic (exact) mass is 305 g/mol. The molecule has 0 aromatic rings. The molecular weight excluding hydrogens is 286 g/mol. The zero-order valence-electron chi connectivity index (χ0n) is 10.8. The Balaban J connectivity index is 3.15. The summed E-state index contributed by atoms with van der Waals surface area (Å²) < 4.78 is 0. The van der Waals surface area contributed by atoms with E-state index >= 15 is 0 Å². The van der Waals surface area contributed by atoms with E-state index in [0.717, 1.165) is 0 Å². The van der Waals surface area contributed by atoms with Gasteiger partial charge in [0, 0.05) is 30.8 Å². The van der Waals surface area contributed by atoms with E-state index in [2.05, 4.69) is 15.9 Å². The van der Waals surface area contributed by atoms with Crippen LogP contribution in [0.5, 0.6) is 0 Å². The number of carbonyl (C=O) groups is 2. The van der Waals surface area contributed by atoms with Crippen molar-refractivity contribution in [2.45, 2.75) is 26.7 Å². The number of hydrogen-bond acceptors (Lipinski definition) is 2. The second kappa shape index (κ2) is 4.59. The number of alkyl halides is 1. The lowest BCUT2D eigenvalue weighted by Gasteiger charge is -2.40. The number of rotatable bonds is 3. The molecule has 0 radical (unpaired) electrons. The number of hydrogen-bond donors (Lipinski definition) is 1. The summed E-state index contributed by atoms with van der Waals surface area (Å²) in [6, 6.07) is 0. The van der Waals surface area contributed by atoms with Gasteiger partial charge in [-0.2, -0.15) is 0 Å². The molecule has 1 fully saturated rings. The van der Waals surface area contributed by atoms with Crippen LogP contribution in [0.15, 0.2) is 0 Å². The summed E-state index contributed by atoms with van der Waals surface area (Å²) in [5.74, 6) is -1.01. The van der Waals surface area contributed by atoms with Crippen molar-refractivity contribution >= 4 is 27.8 Å². The molecule has 1 aliphatic carbocycles. The smallest absolute Gasteiger partial charge is 0.309 e. The molecule has 1 N–H and O–H groups in total. The quantitative estimate of drug-likeness (QED) is 0.811. The fourth-order valence-electron chi connectivity index (χ4n) is 2.72. The Morgan fingerprint density at radius 1 is 1.41 bits per heavy atom.